The summed E-state index contributed by atoms with van der Waals surface area (Å²) in [5, 5.41) is 4.44. The summed E-state index contributed by atoms with van der Waals surface area (Å²) in [6.07, 6.45) is -2.86. The van der Waals surface area contributed by atoms with Crippen molar-refractivity contribution in [1.82, 2.24) is 4.98 Å². The quantitative estimate of drug-likeness (QED) is 0.461. The van der Waals surface area contributed by atoms with E-state index in [0.29, 0.717) is 16.2 Å². The Balaban J connectivity index is 2.04. The Labute approximate surface area is 162 Å². The van der Waals surface area contributed by atoms with Crippen LogP contribution >= 0.6 is 27.5 Å². The Bertz CT molecular complexity index is 979. The van der Waals surface area contributed by atoms with Crippen LogP contribution in [0.1, 0.15) is 36.2 Å². The summed E-state index contributed by atoms with van der Waals surface area (Å²) < 4.78 is 41.1. The Kier molecular flexibility index (Phi) is 5.44. The van der Waals surface area contributed by atoms with Crippen LogP contribution in [0.2, 0.25) is 5.02 Å². The average molecular weight is 444 g/mol. The molecule has 2 aromatic carbocycles. The third-order valence-corrected chi connectivity index (χ3v) is 5.40. The number of nitrogens with zero attached hydrogens (tertiary/aromatic N) is 1. The first-order valence-electron chi connectivity index (χ1n) is 7.88. The van der Waals surface area contributed by atoms with Gasteiger partial charge in [0.15, 0.2) is 0 Å². The van der Waals surface area contributed by atoms with Gasteiger partial charge in [0, 0.05) is 26.8 Å². The van der Waals surface area contributed by atoms with Crippen LogP contribution in [0.25, 0.3) is 10.9 Å². The molecule has 1 unspecified atom stereocenters. The second kappa shape index (κ2) is 7.45. The second-order valence-electron chi connectivity index (χ2n) is 5.99. The number of rotatable bonds is 4. The molecule has 0 spiro atoms. The largest absolute Gasteiger partial charge is 0.378 e. The van der Waals surface area contributed by atoms with Crippen molar-refractivity contribution in [1.29, 1.82) is 0 Å². The van der Waals surface area contributed by atoms with E-state index >= 15 is 0 Å². The fourth-order valence-corrected chi connectivity index (χ4v) is 3.39. The van der Waals surface area contributed by atoms with Gasteiger partial charge in [-0.1, -0.05) is 29.8 Å². The minimum atomic E-state index is -2.86. The highest BCUT2D eigenvalue weighted by Crippen LogP contribution is 2.36. The minimum absolute atomic E-state index is 0.175. The number of nitrogens with one attached hydrogen (secondary N) is 1. The molecule has 0 aliphatic carbocycles. The summed E-state index contributed by atoms with van der Waals surface area (Å²) in [4.78, 5) is 4.46. The highest BCUT2D eigenvalue weighted by Gasteiger charge is 2.20. The maximum Gasteiger partial charge on any atom is 0.266 e. The van der Waals surface area contributed by atoms with E-state index in [1.54, 1.807) is 13.0 Å². The van der Waals surface area contributed by atoms with Gasteiger partial charge in [-0.25, -0.2) is 13.2 Å². The lowest BCUT2D eigenvalue weighted by molar-refractivity contribution is 0.146. The predicted octanol–water partition coefficient (Wildman–Crippen LogP) is 7.21. The molecule has 0 bridgehead atoms. The Morgan fingerprint density at radius 2 is 1.85 bits per heavy atom. The molecule has 1 N–H and O–H groups in total. The zero-order valence-electron chi connectivity index (χ0n) is 14.0. The summed E-state index contributed by atoms with van der Waals surface area (Å²) in [5.74, 6) is -0.890. The number of pyridine rings is 1. The van der Waals surface area contributed by atoms with Crippen LogP contribution in [0.3, 0.4) is 0 Å². The maximum absolute atomic E-state index is 14.4. The lowest BCUT2D eigenvalue weighted by atomic mass is 10.0. The standard InChI is InChI=1S/C19H15BrClF3N2/c1-9-8-15(12-6-7-14(20)16(21)18(12)25-9)26-10(2)11-4-3-5-13(17(11)22)19(23)24/h3-8,10,19H,1-2H3,(H,25,26). The summed E-state index contributed by atoms with van der Waals surface area (Å²) >= 11 is 9.69. The van der Waals surface area contributed by atoms with Crippen molar-refractivity contribution < 1.29 is 13.2 Å². The molecule has 0 aliphatic rings. The van der Waals surface area contributed by atoms with Crippen molar-refractivity contribution in [2.24, 2.45) is 0 Å². The Morgan fingerprint density at radius 1 is 1.15 bits per heavy atom. The number of alkyl halides is 2. The average Bonchev–Trinajstić information content (AvgIpc) is 2.58. The third kappa shape index (κ3) is 3.53. The van der Waals surface area contributed by atoms with Crippen molar-refractivity contribution in [3.63, 3.8) is 0 Å². The maximum atomic E-state index is 14.4. The molecule has 1 atom stereocenters. The van der Waals surface area contributed by atoms with Crippen LogP contribution < -0.4 is 5.32 Å². The van der Waals surface area contributed by atoms with Crippen LogP contribution in [-0.2, 0) is 0 Å². The molecule has 7 heteroatoms. The number of benzene rings is 2. The van der Waals surface area contributed by atoms with E-state index in [-0.39, 0.29) is 5.56 Å². The normalized spacial score (nSPS) is 12.6. The van der Waals surface area contributed by atoms with E-state index in [1.165, 1.54) is 12.1 Å². The fraction of sp³-hybridized carbons (Fsp3) is 0.211. The van der Waals surface area contributed by atoms with Crippen molar-refractivity contribution >= 4 is 44.1 Å². The van der Waals surface area contributed by atoms with Crippen molar-refractivity contribution in [3.8, 4) is 0 Å². The topological polar surface area (TPSA) is 24.9 Å². The number of fused-ring (bicyclic) bond motifs is 1. The van der Waals surface area contributed by atoms with Crippen molar-refractivity contribution in [3.05, 3.63) is 68.5 Å². The second-order valence-corrected chi connectivity index (χ2v) is 7.22. The summed E-state index contributed by atoms with van der Waals surface area (Å²) in [7, 11) is 0. The van der Waals surface area contributed by atoms with Crippen LogP contribution in [0.5, 0.6) is 0 Å². The number of anilines is 1. The molecule has 26 heavy (non-hydrogen) atoms. The molecule has 3 rings (SSSR count). The number of aromatic nitrogens is 1. The zero-order valence-corrected chi connectivity index (χ0v) is 16.3. The van der Waals surface area contributed by atoms with Gasteiger partial charge in [0.25, 0.3) is 6.43 Å². The first kappa shape index (κ1) is 19.0. The zero-order chi connectivity index (χ0) is 19.0. The predicted molar refractivity (Wildman–Crippen MR) is 103 cm³/mol. The molecule has 136 valence electrons. The van der Waals surface area contributed by atoms with Gasteiger partial charge in [0.2, 0.25) is 0 Å². The molecule has 3 aromatic rings. The lowest BCUT2D eigenvalue weighted by Gasteiger charge is -2.20. The van der Waals surface area contributed by atoms with Crippen LogP contribution in [0, 0.1) is 12.7 Å². The van der Waals surface area contributed by atoms with E-state index in [4.69, 9.17) is 11.6 Å². The highest BCUT2D eigenvalue weighted by molar-refractivity contribution is 9.10. The molecule has 0 amide bonds. The highest BCUT2D eigenvalue weighted by atomic mass is 79.9. The van der Waals surface area contributed by atoms with Crippen molar-refractivity contribution in [2.75, 3.05) is 5.32 Å². The van der Waals surface area contributed by atoms with Crippen LogP contribution in [0.15, 0.2) is 40.9 Å². The van der Waals surface area contributed by atoms with E-state index in [1.807, 2.05) is 19.1 Å². The van der Waals surface area contributed by atoms with Crippen molar-refractivity contribution in [2.45, 2.75) is 26.3 Å². The summed E-state index contributed by atoms with van der Waals surface area (Å²) in [6.45, 7) is 3.54. The van der Waals surface area contributed by atoms with Crippen LogP contribution in [0.4, 0.5) is 18.9 Å². The molecule has 0 saturated carbocycles. The summed E-state index contributed by atoms with van der Waals surface area (Å²) in [6, 6.07) is 8.97. The van der Waals surface area contributed by atoms with E-state index in [2.05, 4.69) is 26.2 Å². The van der Waals surface area contributed by atoms with Crippen LogP contribution in [-0.4, -0.2) is 4.98 Å². The van der Waals surface area contributed by atoms with Gasteiger partial charge < -0.3 is 5.32 Å². The number of halogens is 5. The van der Waals surface area contributed by atoms with E-state index < -0.39 is 23.8 Å². The smallest absolute Gasteiger partial charge is 0.266 e. The minimum Gasteiger partial charge on any atom is -0.378 e. The molecular formula is C19H15BrClF3N2. The molecule has 0 aliphatic heterocycles. The lowest BCUT2D eigenvalue weighted by Crippen LogP contribution is -2.11. The number of aryl methyl sites for hydroxylation is 1. The molecule has 1 aromatic heterocycles. The van der Waals surface area contributed by atoms with Gasteiger partial charge in [-0.05, 0) is 48.0 Å². The molecule has 0 radical (unpaired) electrons. The van der Waals surface area contributed by atoms with E-state index in [0.717, 1.165) is 21.6 Å². The molecule has 2 nitrogen and oxygen atoms in total. The molecule has 1 heterocycles. The fourth-order valence-electron chi connectivity index (χ4n) is 2.86. The first-order chi connectivity index (χ1) is 12.3. The molecule has 0 saturated heterocycles. The van der Waals surface area contributed by atoms with Gasteiger partial charge in [0.05, 0.1) is 22.1 Å². The van der Waals surface area contributed by atoms with Gasteiger partial charge in [-0.15, -0.1) is 0 Å². The first-order valence-corrected chi connectivity index (χ1v) is 9.05. The Morgan fingerprint density at radius 3 is 2.54 bits per heavy atom. The number of hydrogen-bond acceptors (Lipinski definition) is 2. The molecular weight excluding hydrogens is 429 g/mol. The number of hydrogen-bond donors (Lipinski definition) is 1. The van der Waals surface area contributed by atoms with Gasteiger partial charge >= 0.3 is 0 Å². The van der Waals surface area contributed by atoms with E-state index in [9.17, 15) is 13.2 Å². The molecule has 0 fully saturated rings. The Hall–Kier alpha value is -1.79. The van der Waals surface area contributed by atoms with Gasteiger partial charge in [0.1, 0.15) is 5.82 Å². The summed E-state index contributed by atoms with van der Waals surface area (Å²) in [5.41, 5.74) is 1.62. The van der Waals surface area contributed by atoms with Gasteiger partial charge in [-0.3, -0.25) is 4.98 Å². The monoisotopic (exact) mass is 442 g/mol. The SMILES string of the molecule is Cc1cc(NC(C)c2cccc(C(F)F)c2F)c2ccc(Br)c(Cl)c2n1. The third-order valence-electron chi connectivity index (χ3n) is 4.13. The van der Waals surface area contributed by atoms with Gasteiger partial charge in [-0.2, -0.15) is 0 Å².